The van der Waals surface area contributed by atoms with Crippen LogP contribution in [0.4, 0.5) is 0 Å². The van der Waals surface area contributed by atoms with Gasteiger partial charge in [0.15, 0.2) is 0 Å². The molecule has 0 radical (unpaired) electrons. The molecule has 0 unspecified atom stereocenters. The van der Waals surface area contributed by atoms with E-state index >= 15 is 0 Å². The van der Waals surface area contributed by atoms with Crippen LogP contribution in [0.2, 0.25) is 5.02 Å². The maximum atomic E-state index is 12.3. The SMILES string of the molecule is Cc1nc2ccccc2n1CC(=O)N/N=C\c1csc(-c2ccc(Cl)cc2)n1. The molecule has 1 amide bonds. The normalized spacial score (nSPS) is 11.4. The fourth-order valence-corrected chi connectivity index (χ4v) is 3.72. The number of rotatable bonds is 5. The molecule has 2 aromatic carbocycles. The molecule has 28 heavy (non-hydrogen) atoms. The lowest BCUT2D eigenvalue weighted by atomic mass is 10.2. The summed E-state index contributed by atoms with van der Waals surface area (Å²) in [5.74, 6) is 0.558. The van der Waals surface area contributed by atoms with Crippen molar-refractivity contribution in [1.82, 2.24) is 20.0 Å². The summed E-state index contributed by atoms with van der Waals surface area (Å²) >= 11 is 7.42. The molecule has 0 fully saturated rings. The smallest absolute Gasteiger partial charge is 0.260 e. The van der Waals surface area contributed by atoms with Crippen LogP contribution in [-0.2, 0) is 11.3 Å². The first-order valence-corrected chi connectivity index (χ1v) is 9.81. The number of hydrogen-bond donors (Lipinski definition) is 1. The van der Waals surface area contributed by atoms with Crippen LogP contribution in [0.15, 0.2) is 59.0 Å². The fourth-order valence-electron chi connectivity index (χ4n) is 2.82. The standard InChI is InChI=1S/C20H16ClN5OS/c1-13-23-17-4-2-3-5-18(17)26(13)11-19(27)25-22-10-16-12-28-20(24-16)14-6-8-15(21)9-7-14/h2-10,12H,11H2,1H3,(H,25,27)/b22-10-. The van der Waals surface area contributed by atoms with Crippen LogP contribution in [0.1, 0.15) is 11.5 Å². The number of fused-ring (bicyclic) bond motifs is 1. The third-order valence-corrected chi connectivity index (χ3v) is 5.31. The van der Waals surface area contributed by atoms with E-state index in [1.807, 2.05) is 65.4 Å². The lowest BCUT2D eigenvalue weighted by Crippen LogP contribution is -2.23. The number of para-hydroxylation sites is 2. The van der Waals surface area contributed by atoms with E-state index in [4.69, 9.17) is 11.6 Å². The minimum Gasteiger partial charge on any atom is -0.319 e. The number of aromatic nitrogens is 3. The maximum Gasteiger partial charge on any atom is 0.260 e. The van der Waals surface area contributed by atoms with Crippen LogP contribution in [0, 0.1) is 6.92 Å². The van der Waals surface area contributed by atoms with E-state index in [1.54, 1.807) is 0 Å². The minimum atomic E-state index is -0.226. The van der Waals surface area contributed by atoms with Crippen molar-refractivity contribution in [2.75, 3.05) is 0 Å². The highest BCUT2D eigenvalue weighted by molar-refractivity contribution is 7.13. The molecule has 1 N–H and O–H groups in total. The third kappa shape index (κ3) is 3.95. The number of aryl methyl sites for hydroxylation is 1. The Kier molecular flexibility index (Phi) is 5.18. The van der Waals surface area contributed by atoms with E-state index < -0.39 is 0 Å². The van der Waals surface area contributed by atoms with E-state index in [1.165, 1.54) is 17.6 Å². The van der Waals surface area contributed by atoms with Gasteiger partial charge in [-0.2, -0.15) is 5.10 Å². The first-order chi connectivity index (χ1) is 13.6. The van der Waals surface area contributed by atoms with Gasteiger partial charge in [-0.1, -0.05) is 35.9 Å². The molecule has 0 aliphatic carbocycles. The Hall–Kier alpha value is -3.03. The molecule has 0 aliphatic rings. The molecule has 0 saturated carbocycles. The molecule has 0 atom stereocenters. The summed E-state index contributed by atoms with van der Waals surface area (Å²) < 4.78 is 1.86. The van der Waals surface area contributed by atoms with Crippen LogP contribution < -0.4 is 5.43 Å². The number of imidazole rings is 1. The average Bonchev–Trinajstić information content (AvgIpc) is 3.27. The summed E-state index contributed by atoms with van der Waals surface area (Å²) in [6, 6.07) is 15.2. The second-order valence-electron chi connectivity index (χ2n) is 6.11. The minimum absolute atomic E-state index is 0.150. The first kappa shape index (κ1) is 18.3. The monoisotopic (exact) mass is 409 g/mol. The Morgan fingerprint density at radius 2 is 2.00 bits per heavy atom. The van der Waals surface area contributed by atoms with Gasteiger partial charge in [0.1, 0.15) is 17.4 Å². The molecule has 0 bridgehead atoms. The van der Waals surface area contributed by atoms with Crippen LogP contribution in [0.25, 0.3) is 21.6 Å². The highest BCUT2D eigenvalue weighted by Gasteiger charge is 2.10. The van der Waals surface area contributed by atoms with Gasteiger partial charge >= 0.3 is 0 Å². The number of carbonyl (C=O) groups is 1. The van der Waals surface area contributed by atoms with Crippen LogP contribution in [-0.4, -0.2) is 26.7 Å². The van der Waals surface area contributed by atoms with Crippen molar-refractivity contribution >= 4 is 46.1 Å². The zero-order chi connectivity index (χ0) is 19.5. The van der Waals surface area contributed by atoms with Crippen LogP contribution in [0.3, 0.4) is 0 Å². The third-order valence-electron chi connectivity index (χ3n) is 4.15. The van der Waals surface area contributed by atoms with Gasteiger partial charge in [-0.05, 0) is 31.2 Å². The van der Waals surface area contributed by atoms with Gasteiger partial charge in [-0.3, -0.25) is 4.79 Å². The quantitative estimate of drug-likeness (QED) is 0.395. The van der Waals surface area contributed by atoms with E-state index in [-0.39, 0.29) is 12.5 Å². The number of thiazole rings is 1. The molecular formula is C20H16ClN5OS. The molecule has 0 saturated heterocycles. The highest BCUT2D eigenvalue weighted by Crippen LogP contribution is 2.24. The van der Waals surface area contributed by atoms with Gasteiger partial charge < -0.3 is 4.57 Å². The number of hydrazone groups is 1. The molecule has 8 heteroatoms. The second kappa shape index (κ2) is 7.92. The summed E-state index contributed by atoms with van der Waals surface area (Å²) in [6.07, 6.45) is 1.53. The first-order valence-electron chi connectivity index (χ1n) is 8.55. The second-order valence-corrected chi connectivity index (χ2v) is 7.41. The van der Waals surface area contributed by atoms with Crippen LogP contribution >= 0.6 is 22.9 Å². The fraction of sp³-hybridized carbons (Fsp3) is 0.100. The van der Waals surface area contributed by atoms with Crippen molar-refractivity contribution in [2.24, 2.45) is 5.10 Å². The van der Waals surface area contributed by atoms with Crippen molar-refractivity contribution in [3.63, 3.8) is 0 Å². The van der Waals surface area contributed by atoms with Crippen LogP contribution in [0.5, 0.6) is 0 Å². The van der Waals surface area contributed by atoms with Crippen molar-refractivity contribution in [2.45, 2.75) is 13.5 Å². The maximum absolute atomic E-state index is 12.3. The molecule has 2 aromatic heterocycles. The van der Waals surface area contributed by atoms with Gasteiger partial charge in [0.2, 0.25) is 0 Å². The van der Waals surface area contributed by atoms with Crippen molar-refractivity contribution in [3.05, 3.63) is 70.5 Å². The molecular weight excluding hydrogens is 394 g/mol. The zero-order valence-electron chi connectivity index (χ0n) is 15.0. The van der Waals surface area contributed by atoms with E-state index in [0.717, 1.165) is 27.4 Å². The molecule has 140 valence electrons. The number of amides is 1. The van der Waals surface area contributed by atoms with E-state index in [0.29, 0.717) is 10.7 Å². The van der Waals surface area contributed by atoms with Gasteiger partial charge in [0.05, 0.1) is 22.9 Å². The predicted molar refractivity (Wildman–Crippen MR) is 113 cm³/mol. The predicted octanol–water partition coefficient (Wildman–Crippen LogP) is 4.27. The number of nitrogens with one attached hydrogen (secondary N) is 1. The van der Waals surface area contributed by atoms with E-state index in [9.17, 15) is 4.79 Å². The molecule has 6 nitrogen and oxygen atoms in total. The summed E-state index contributed by atoms with van der Waals surface area (Å²) in [7, 11) is 0. The molecule has 0 aliphatic heterocycles. The van der Waals surface area contributed by atoms with Crippen molar-refractivity contribution in [3.8, 4) is 10.6 Å². The summed E-state index contributed by atoms with van der Waals surface area (Å²) in [4.78, 5) is 21.2. The number of hydrogen-bond acceptors (Lipinski definition) is 5. The van der Waals surface area contributed by atoms with Crippen molar-refractivity contribution < 1.29 is 4.79 Å². The summed E-state index contributed by atoms with van der Waals surface area (Å²) in [5, 5.41) is 7.45. The van der Waals surface area contributed by atoms with E-state index in [2.05, 4.69) is 20.5 Å². The molecule has 2 heterocycles. The molecule has 4 aromatic rings. The van der Waals surface area contributed by atoms with Gasteiger partial charge in [0.25, 0.3) is 5.91 Å². The lowest BCUT2D eigenvalue weighted by molar-refractivity contribution is -0.121. The van der Waals surface area contributed by atoms with Gasteiger partial charge in [-0.15, -0.1) is 11.3 Å². The topological polar surface area (TPSA) is 72.2 Å². The Bertz CT molecular complexity index is 1160. The Labute approximate surface area is 170 Å². The van der Waals surface area contributed by atoms with Gasteiger partial charge in [0, 0.05) is 16.0 Å². The molecule has 4 rings (SSSR count). The number of benzene rings is 2. The average molecular weight is 410 g/mol. The highest BCUT2D eigenvalue weighted by atomic mass is 35.5. The molecule has 0 spiro atoms. The zero-order valence-corrected chi connectivity index (χ0v) is 16.5. The number of carbonyl (C=O) groups excluding carboxylic acids is 1. The Morgan fingerprint density at radius 3 is 2.82 bits per heavy atom. The number of nitrogens with zero attached hydrogens (tertiary/aromatic N) is 4. The van der Waals surface area contributed by atoms with Crippen molar-refractivity contribution in [1.29, 1.82) is 0 Å². The Balaban J connectivity index is 1.40. The van der Waals surface area contributed by atoms with Gasteiger partial charge in [-0.25, -0.2) is 15.4 Å². The summed E-state index contributed by atoms with van der Waals surface area (Å²) in [5.41, 5.74) is 6.01. The lowest BCUT2D eigenvalue weighted by Gasteiger charge is -2.05. The Morgan fingerprint density at radius 1 is 1.21 bits per heavy atom. The number of halogens is 1. The largest absolute Gasteiger partial charge is 0.319 e. The summed E-state index contributed by atoms with van der Waals surface area (Å²) in [6.45, 7) is 2.03.